The number of nitrogens with one attached hydrogen (secondary N) is 2. The van der Waals surface area contributed by atoms with Gasteiger partial charge in [0.2, 0.25) is 0 Å². The van der Waals surface area contributed by atoms with Crippen LogP contribution in [-0.4, -0.2) is 25.2 Å². The predicted molar refractivity (Wildman–Crippen MR) is 142 cm³/mol. The van der Waals surface area contributed by atoms with Crippen molar-refractivity contribution in [1.82, 2.24) is 5.32 Å². The van der Waals surface area contributed by atoms with Crippen LogP contribution < -0.4 is 20.1 Å². The van der Waals surface area contributed by atoms with Crippen LogP contribution in [0.4, 0.5) is 5.69 Å². The third-order valence-corrected chi connectivity index (χ3v) is 6.00. The summed E-state index contributed by atoms with van der Waals surface area (Å²) in [6, 6.07) is 22.5. The summed E-state index contributed by atoms with van der Waals surface area (Å²) in [7, 11) is 0. The van der Waals surface area contributed by atoms with Crippen molar-refractivity contribution < 1.29 is 14.3 Å². The molecule has 34 heavy (non-hydrogen) atoms. The highest BCUT2D eigenvalue weighted by molar-refractivity contribution is 9.10. The lowest BCUT2D eigenvalue weighted by Gasteiger charge is -2.17. The average Bonchev–Trinajstić information content (AvgIpc) is 2.83. The molecule has 180 valence electrons. The molecule has 0 aliphatic carbocycles. The molecule has 0 radical (unpaired) electrons. The maximum Gasteiger partial charge on any atom is 0.262 e. The highest BCUT2D eigenvalue weighted by Crippen LogP contribution is 2.37. The quantitative estimate of drug-likeness (QED) is 0.292. The van der Waals surface area contributed by atoms with Crippen LogP contribution in [0.3, 0.4) is 0 Å². The Balaban J connectivity index is 1.56. The number of anilines is 1. The number of rotatable bonds is 12. The van der Waals surface area contributed by atoms with Gasteiger partial charge in [0, 0.05) is 18.3 Å². The summed E-state index contributed by atoms with van der Waals surface area (Å²) in [6.07, 6.45) is 2.10. The number of hydrogen-bond donors (Lipinski definition) is 2. The van der Waals surface area contributed by atoms with Crippen LogP contribution in [0.15, 0.2) is 71.2 Å². The predicted octanol–water partition coefficient (Wildman–Crippen LogP) is 6.28. The van der Waals surface area contributed by atoms with Gasteiger partial charge in [-0.15, -0.1) is 0 Å². The first-order valence-corrected chi connectivity index (χ1v) is 12.5. The Morgan fingerprint density at radius 1 is 1.00 bits per heavy atom. The standard InChI is InChI=1S/C28H33BrN2O3/c1-4-33-26-17-23(18-30-21(3)12-13-22-8-6-5-7-9-22)16-25(29)28(26)34-19-27(32)31-24-14-10-20(2)11-15-24/h5-11,14-17,21,30H,4,12-13,18-19H2,1-3H3,(H,31,32)/t21-/m0/s1. The fraction of sp³-hybridized carbons (Fsp3) is 0.321. The fourth-order valence-electron chi connectivity index (χ4n) is 3.52. The smallest absolute Gasteiger partial charge is 0.262 e. The second-order valence-electron chi connectivity index (χ2n) is 8.35. The topological polar surface area (TPSA) is 59.6 Å². The maximum atomic E-state index is 12.4. The normalized spacial score (nSPS) is 11.6. The lowest BCUT2D eigenvalue weighted by Crippen LogP contribution is -2.26. The lowest BCUT2D eigenvalue weighted by atomic mass is 10.1. The molecule has 0 aliphatic rings. The van der Waals surface area contributed by atoms with E-state index in [1.165, 1.54) is 5.56 Å². The van der Waals surface area contributed by atoms with Crippen molar-refractivity contribution in [2.45, 2.75) is 46.2 Å². The number of carbonyl (C=O) groups excluding carboxylic acids is 1. The Bertz CT molecular complexity index is 1060. The van der Waals surface area contributed by atoms with Crippen LogP contribution in [0.2, 0.25) is 0 Å². The van der Waals surface area contributed by atoms with Gasteiger partial charge in [0.05, 0.1) is 11.1 Å². The molecule has 0 spiro atoms. The van der Waals surface area contributed by atoms with Gasteiger partial charge in [-0.1, -0.05) is 48.0 Å². The minimum Gasteiger partial charge on any atom is -0.490 e. The Morgan fingerprint density at radius 2 is 1.74 bits per heavy atom. The van der Waals surface area contributed by atoms with Crippen LogP contribution >= 0.6 is 15.9 Å². The second kappa shape index (κ2) is 13.2. The van der Waals surface area contributed by atoms with Gasteiger partial charge >= 0.3 is 0 Å². The summed E-state index contributed by atoms with van der Waals surface area (Å²) in [5, 5.41) is 6.43. The van der Waals surface area contributed by atoms with Crippen molar-refractivity contribution in [3.8, 4) is 11.5 Å². The van der Waals surface area contributed by atoms with Crippen molar-refractivity contribution in [2.24, 2.45) is 0 Å². The van der Waals surface area contributed by atoms with E-state index in [2.05, 4.69) is 57.8 Å². The molecule has 5 nitrogen and oxygen atoms in total. The number of ether oxygens (including phenoxy) is 2. The molecule has 1 atom stereocenters. The first-order chi connectivity index (χ1) is 16.4. The number of aryl methyl sites for hydroxylation is 2. The van der Waals surface area contributed by atoms with Crippen molar-refractivity contribution in [1.29, 1.82) is 0 Å². The summed E-state index contributed by atoms with van der Waals surface area (Å²) in [5.41, 5.74) is 4.31. The highest BCUT2D eigenvalue weighted by atomic mass is 79.9. The average molecular weight is 525 g/mol. The maximum absolute atomic E-state index is 12.4. The molecule has 3 rings (SSSR count). The molecular formula is C28H33BrN2O3. The fourth-order valence-corrected chi connectivity index (χ4v) is 4.12. The third-order valence-electron chi connectivity index (χ3n) is 5.42. The molecule has 3 aromatic rings. The van der Waals surface area contributed by atoms with E-state index in [-0.39, 0.29) is 12.5 Å². The Kier molecular flexibility index (Phi) is 9.98. The summed E-state index contributed by atoms with van der Waals surface area (Å²) in [4.78, 5) is 12.4. The molecule has 3 aromatic carbocycles. The SMILES string of the molecule is CCOc1cc(CN[C@@H](C)CCc2ccccc2)cc(Br)c1OCC(=O)Nc1ccc(C)cc1. The molecule has 1 amide bonds. The highest BCUT2D eigenvalue weighted by Gasteiger charge is 2.15. The van der Waals surface area contributed by atoms with Gasteiger partial charge in [-0.2, -0.15) is 0 Å². The zero-order valence-electron chi connectivity index (χ0n) is 20.1. The molecule has 0 unspecified atom stereocenters. The van der Waals surface area contributed by atoms with Crippen molar-refractivity contribution in [3.05, 3.63) is 87.9 Å². The van der Waals surface area contributed by atoms with Crippen LogP contribution in [0.5, 0.6) is 11.5 Å². The molecule has 0 heterocycles. The van der Waals surface area contributed by atoms with E-state index >= 15 is 0 Å². The largest absolute Gasteiger partial charge is 0.490 e. The molecule has 0 aliphatic heterocycles. The van der Waals surface area contributed by atoms with Gasteiger partial charge in [0.1, 0.15) is 0 Å². The zero-order valence-corrected chi connectivity index (χ0v) is 21.7. The molecule has 0 saturated heterocycles. The van der Waals surface area contributed by atoms with Gasteiger partial charge in [0.25, 0.3) is 5.91 Å². The van der Waals surface area contributed by atoms with Crippen LogP contribution in [0, 0.1) is 6.92 Å². The third kappa shape index (κ3) is 8.19. The molecule has 0 fully saturated rings. The van der Waals surface area contributed by atoms with Crippen molar-refractivity contribution >= 4 is 27.5 Å². The number of carbonyl (C=O) groups is 1. The number of hydrogen-bond acceptors (Lipinski definition) is 4. The van der Waals surface area contributed by atoms with Gasteiger partial charge in [-0.3, -0.25) is 4.79 Å². The number of benzene rings is 3. The molecule has 0 saturated carbocycles. The lowest BCUT2D eigenvalue weighted by molar-refractivity contribution is -0.118. The van der Waals surface area contributed by atoms with E-state index in [4.69, 9.17) is 9.47 Å². The Hall–Kier alpha value is -2.83. The van der Waals surface area contributed by atoms with Gasteiger partial charge in [-0.25, -0.2) is 0 Å². The number of halogens is 1. The van der Waals surface area contributed by atoms with Crippen LogP contribution in [0.1, 0.15) is 37.0 Å². The van der Waals surface area contributed by atoms with Crippen molar-refractivity contribution in [3.63, 3.8) is 0 Å². The van der Waals surface area contributed by atoms with Gasteiger partial charge in [0.15, 0.2) is 18.1 Å². The van der Waals surface area contributed by atoms with E-state index in [0.29, 0.717) is 30.7 Å². The van der Waals surface area contributed by atoms with E-state index in [1.54, 1.807) is 0 Å². The van der Waals surface area contributed by atoms with E-state index < -0.39 is 0 Å². The Morgan fingerprint density at radius 3 is 2.44 bits per heavy atom. The van der Waals surface area contributed by atoms with Gasteiger partial charge in [-0.05, 0) is 84.9 Å². The first kappa shape index (κ1) is 25.8. The first-order valence-electron chi connectivity index (χ1n) is 11.7. The summed E-state index contributed by atoms with van der Waals surface area (Å²) in [5.74, 6) is 0.923. The van der Waals surface area contributed by atoms with E-state index in [9.17, 15) is 4.79 Å². The number of amides is 1. The monoisotopic (exact) mass is 524 g/mol. The molecule has 6 heteroatoms. The minimum atomic E-state index is -0.226. The van der Waals surface area contributed by atoms with Crippen LogP contribution in [0.25, 0.3) is 0 Å². The van der Waals surface area contributed by atoms with Gasteiger partial charge < -0.3 is 20.1 Å². The summed E-state index contributed by atoms with van der Waals surface area (Å²) < 4.78 is 12.4. The van der Waals surface area contributed by atoms with Crippen molar-refractivity contribution in [2.75, 3.05) is 18.5 Å². The Labute approximate surface area is 211 Å². The van der Waals surface area contributed by atoms with Crippen LogP contribution in [-0.2, 0) is 17.8 Å². The second-order valence-corrected chi connectivity index (χ2v) is 9.20. The summed E-state index contributed by atoms with van der Waals surface area (Å²) in [6.45, 7) is 7.24. The zero-order chi connectivity index (χ0) is 24.3. The molecular weight excluding hydrogens is 492 g/mol. The molecule has 0 bridgehead atoms. The summed E-state index contributed by atoms with van der Waals surface area (Å²) >= 11 is 3.60. The molecule has 2 N–H and O–H groups in total. The van der Waals surface area contributed by atoms with E-state index in [1.807, 2.05) is 56.3 Å². The molecule has 0 aromatic heterocycles. The minimum absolute atomic E-state index is 0.110. The van der Waals surface area contributed by atoms with E-state index in [0.717, 1.165) is 34.1 Å².